The van der Waals surface area contributed by atoms with Crippen LogP contribution in [0.4, 0.5) is 0 Å². The third-order valence-corrected chi connectivity index (χ3v) is 2.87. The van der Waals surface area contributed by atoms with Crippen LogP contribution in [-0.2, 0) is 4.79 Å². The van der Waals surface area contributed by atoms with Crippen molar-refractivity contribution in [1.29, 1.82) is 0 Å². The second-order valence-corrected chi connectivity index (χ2v) is 3.91. The van der Waals surface area contributed by atoms with Crippen molar-refractivity contribution in [1.82, 2.24) is 0 Å². The molecule has 2 aliphatic heterocycles. The minimum absolute atomic E-state index is 0.165. The number of rotatable bonds is 2. The van der Waals surface area contributed by atoms with Crippen molar-refractivity contribution in [2.24, 2.45) is 10.9 Å². The zero-order chi connectivity index (χ0) is 9.54. The minimum Gasteiger partial charge on any atom is -0.289 e. The van der Waals surface area contributed by atoms with Crippen LogP contribution >= 0.6 is 0 Å². The fourth-order valence-electron chi connectivity index (χ4n) is 1.90. The predicted octanol–water partition coefficient (Wildman–Crippen LogP) is 0.913. The van der Waals surface area contributed by atoms with Crippen molar-refractivity contribution in [2.45, 2.75) is 18.9 Å². The summed E-state index contributed by atoms with van der Waals surface area (Å²) in [6.45, 7) is 0. The number of allylic oxidation sites excluding steroid dienone is 2. The van der Waals surface area contributed by atoms with E-state index < -0.39 is 0 Å². The topological polar surface area (TPSA) is 32.4 Å². The van der Waals surface area contributed by atoms with E-state index in [2.05, 4.69) is 23.3 Å². The van der Waals surface area contributed by atoms with Crippen LogP contribution in [0.1, 0.15) is 12.8 Å². The van der Waals surface area contributed by atoms with Crippen LogP contribution in [0.2, 0.25) is 0 Å². The monoisotopic (exact) mass is 187 g/mol. The highest BCUT2D eigenvalue weighted by Crippen LogP contribution is 2.38. The molecule has 3 nitrogen and oxygen atoms in total. The molecule has 2 heterocycles. The number of carbonyl (C=O) groups is 1. The lowest BCUT2D eigenvalue weighted by molar-refractivity contribution is -0.464. The molecule has 0 N–H and O–H groups in total. The van der Waals surface area contributed by atoms with Gasteiger partial charge in [-0.3, -0.25) is 4.79 Å². The number of fused-ring (bicyclic) bond motifs is 1. The van der Waals surface area contributed by atoms with Crippen LogP contribution in [0.25, 0.3) is 0 Å². The van der Waals surface area contributed by atoms with Crippen molar-refractivity contribution < 1.29 is 9.37 Å². The molecule has 3 heteroatoms. The van der Waals surface area contributed by atoms with Crippen LogP contribution in [0, 0.1) is 5.92 Å². The summed E-state index contributed by atoms with van der Waals surface area (Å²) in [5, 5.41) is 0. The van der Waals surface area contributed by atoms with E-state index in [1.807, 2.05) is 4.58 Å². The number of hydrogen-bond acceptors (Lipinski definition) is 2. The highest BCUT2D eigenvalue weighted by molar-refractivity contribution is 6.27. The SMILES string of the molecule is O=CC1=[N+]2C=C(C3CC3)C=CC2C=N1. The highest BCUT2D eigenvalue weighted by atomic mass is 16.1. The van der Waals surface area contributed by atoms with Gasteiger partial charge in [-0.2, -0.15) is 0 Å². The van der Waals surface area contributed by atoms with Crippen molar-refractivity contribution >= 4 is 18.3 Å². The van der Waals surface area contributed by atoms with Crippen molar-refractivity contribution in [3.05, 3.63) is 23.9 Å². The number of hydrogen-bond donors (Lipinski definition) is 0. The summed E-state index contributed by atoms with van der Waals surface area (Å²) < 4.78 is 1.95. The standard InChI is InChI=1S/C11H11N2O/c14-7-11-12-5-10-4-3-9(6-13(10)11)8-1-2-8/h3-8,10H,1-2H2/q+1. The van der Waals surface area contributed by atoms with E-state index in [9.17, 15) is 4.79 Å². The van der Waals surface area contributed by atoms with Gasteiger partial charge in [0, 0.05) is 0 Å². The molecule has 1 aliphatic carbocycles. The predicted molar refractivity (Wildman–Crippen MR) is 53.6 cm³/mol. The van der Waals surface area contributed by atoms with Gasteiger partial charge in [0.25, 0.3) is 0 Å². The lowest BCUT2D eigenvalue weighted by Gasteiger charge is -2.09. The summed E-state index contributed by atoms with van der Waals surface area (Å²) in [6.07, 6.45) is 11.5. The molecular formula is C11H11N2O+. The smallest absolute Gasteiger partial charge is 0.289 e. The van der Waals surface area contributed by atoms with Crippen LogP contribution in [0.15, 0.2) is 28.9 Å². The van der Waals surface area contributed by atoms with Gasteiger partial charge in [-0.25, -0.2) is 4.58 Å². The first-order valence-corrected chi connectivity index (χ1v) is 4.93. The molecule has 0 amide bonds. The molecule has 3 aliphatic rings. The molecule has 0 radical (unpaired) electrons. The minimum atomic E-state index is 0.165. The molecule has 14 heavy (non-hydrogen) atoms. The Morgan fingerprint density at radius 2 is 2.36 bits per heavy atom. The molecular weight excluding hydrogens is 176 g/mol. The van der Waals surface area contributed by atoms with E-state index in [-0.39, 0.29) is 6.04 Å². The number of amidine groups is 1. The first kappa shape index (κ1) is 7.85. The Morgan fingerprint density at radius 3 is 3.07 bits per heavy atom. The Bertz CT molecular complexity index is 411. The van der Waals surface area contributed by atoms with E-state index in [1.165, 1.54) is 18.4 Å². The lowest BCUT2D eigenvalue weighted by Crippen LogP contribution is -2.24. The Balaban J connectivity index is 2.01. The van der Waals surface area contributed by atoms with E-state index in [0.717, 1.165) is 12.2 Å². The molecule has 70 valence electrons. The van der Waals surface area contributed by atoms with Crippen molar-refractivity contribution in [2.75, 3.05) is 0 Å². The summed E-state index contributed by atoms with van der Waals surface area (Å²) in [5.41, 5.74) is 1.34. The van der Waals surface area contributed by atoms with Crippen LogP contribution in [0.5, 0.6) is 0 Å². The third kappa shape index (κ3) is 1.09. The van der Waals surface area contributed by atoms with Gasteiger partial charge >= 0.3 is 5.84 Å². The summed E-state index contributed by atoms with van der Waals surface area (Å²) in [6, 6.07) is 0.165. The summed E-state index contributed by atoms with van der Waals surface area (Å²) in [7, 11) is 0. The molecule has 0 aromatic heterocycles. The number of aliphatic imine (C=N–C) groups is 1. The van der Waals surface area contributed by atoms with Gasteiger partial charge < -0.3 is 0 Å². The molecule has 0 bridgehead atoms. The van der Waals surface area contributed by atoms with E-state index in [1.54, 1.807) is 6.21 Å². The largest absolute Gasteiger partial charge is 0.363 e. The fourth-order valence-corrected chi connectivity index (χ4v) is 1.90. The normalized spacial score (nSPS) is 29.1. The van der Waals surface area contributed by atoms with E-state index >= 15 is 0 Å². The molecule has 0 aromatic rings. The zero-order valence-electron chi connectivity index (χ0n) is 7.76. The molecule has 0 aromatic carbocycles. The molecule has 1 saturated carbocycles. The van der Waals surface area contributed by atoms with Crippen LogP contribution in [0.3, 0.4) is 0 Å². The van der Waals surface area contributed by atoms with Crippen molar-refractivity contribution in [3.63, 3.8) is 0 Å². The third-order valence-electron chi connectivity index (χ3n) is 2.87. The van der Waals surface area contributed by atoms with Crippen molar-refractivity contribution in [3.8, 4) is 0 Å². The van der Waals surface area contributed by atoms with Gasteiger partial charge in [0.05, 0.1) is 6.20 Å². The maximum atomic E-state index is 10.7. The van der Waals surface area contributed by atoms with Gasteiger partial charge in [0.2, 0.25) is 6.29 Å². The maximum Gasteiger partial charge on any atom is 0.363 e. The van der Waals surface area contributed by atoms with Gasteiger partial charge in [0.1, 0.15) is 0 Å². The second kappa shape index (κ2) is 2.74. The summed E-state index contributed by atoms with van der Waals surface area (Å²) in [4.78, 5) is 14.8. The van der Waals surface area contributed by atoms with Gasteiger partial charge in [-0.15, -0.1) is 0 Å². The summed E-state index contributed by atoms with van der Waals surface area (Å²) in [5.74, 6) is 1.25. The van der Waals surface area contributed by atoms with Crippen LogP contribution in [-0.4, -0.2) is 29.0 Å². The van der Waals surface area contributed by atoms with E-state index in [4.69, 9.17) is 0 Å². The molecule has 0 spiro atoms. The van der Waals surface area contributed by atoms with Gasteiger partial charge in [-0.1, -0.05) is 6.08 Å². The average Bonchev–Trinajstić information content (AvgIpc) is 2.98. The zero-order valence-corrected chi connectivity index (χ0v) is 7.76. The molecule has 1 atom stereocenters. The maximum absolute atomic E-state index is 10.7. The number of aldehydes is 1. The average molecular weight is 187 g/mol. The summed E-state index contributed by atoms with van der Waals surface area (Å²) >= 11 is 0. The fraction of sp³-hybridized carbons (Fsp3) is 0.364. The number of nitrogens with zero attached hydrogens (tertiary/aromatic N) is 2. The first-order valence-electron chi connectivity index (χ1n) is 4.93. The van der Waals surface area contributed by atoms with E-state index in [0.29, 0.717) is 5.84 Å². The Hall–Kier alpha value is -1.51. The Morgan fingerprint density at radius 1 is 1.50 bits per heavy atom. The molecule has 0 saturated heterocycles. The molecule has 1 unspecified atom stereocenters. The second-order valence-electron chi connectivity index (χ2n) is 3.91. The quantitative estimate of drug-likeness (QED) is 0.467. The van der Waals surface area contributed by atoms with Crippen LogP contribution < -0.4 is 0 Å². The Kier molecular flexibility index (Phi) is 1.54. The van der Waals surface area contributed by atoms with Gasteiger partial charge in [-0.05, 0) is 35.4 Å². The Labute approximate surface area is 82.2 Å². The lowest BCUT2D eigenvalue weighted by atomic mass is 10.1. The highest BCUT2D eigenvalue weighted by Gasteiger charge is 2.33. The molecule has 1 fully saturated rings. The number of carbonyl (C=O) groups excluding carboxylic acids is 1. The first-order chi connectivity index (χ1) is 6.88. The van der Waals surface area contributed by atoms with Gasteiger partial charge in [0.15, 0.2) is 12.3 Å². The molecule has 3 rings (SSSR count).